The summed E-state index contributed by atoms with van der Waals surface area (Å²) in [4.78, 5) is 29.6. The van der Waals surface area contributed by atoms with Gasteiger partial charge in [-0.1, -0.05) is 37.3 Å². The lowest BCUT2D eigenvalue weighted by Crippen LogP contribution is -2.52. The van der Waals surface area contributed by atoms with E-state index in [9.17, 15) is 9.59 Å². The molecule has 0 aliphatic carbocycles. The number of piperidine rings is 1. The SMILES string of the molecule is C[C@@H]1CCN(C(=O)O)[C@@H](C(=O)NOCc2ccccc2)C1. The first-order valence-corrected chi connectivity index (χ1v) is 7.03. The van der Waals surface area contributed by atoms with Crippen LogP contribution in [0, 0.1) is 5.92 Å². The van der Waals surface area contributed by atoms with E-state index in [2.05, 4.69) is 5.48 Å². The molecule has 1 aliphatic rings. The van der Waals surface area contributed by atoms with Crippen molar-refractivity contribution >= 4 is 12.0 Å². The second-order valence-electron chi connectivity index (χ2n) is 5.36. The Bertz CT molecular complexity index is 492. The molecule has 2 atom stereocenters. The summed E-state index contributed by atoms with van der Waals surface area (Å²) in [6.45, 7) is 2.65. The zero-order chi connectivity index (χ0) is 15.2. The summed E-state index contributed by atoms with van der Waals surface area (Å²) >= 11 is 0. The molecule has 114 valence electrons. The van der Waals surface area contributed by atoms with Crippen LogP contribution in [0.4, 0.5) is 4.79 Å². The molecule has 1 aromatic rings. The van der Waals surface area contributed by atoms with Gasteiger partial charge in [-0.15, -0.1) is 0 Å². The van der Waals surface area contributed by atoms with Gasteiger partial charge < -0.3 is 5.11 Å². The molecule has 0 saturated carbocycles. The summed E-state index contributed by atoms with van der Waals surface area (Å²) in [5.41, 5.74) is 3.30. The lowest BCUT2D eigenvalue weighted by molar-refractivity contribution is -0.141. The summed E-state index contributed by atoms with van der Waals surface area (Å²) in [5, 5.41) is 9.15. The Morgan fingerprint density at radius 1 is 1.38 bits per heavy atom. The Morgan fingerprint density at radius 2 is 2.10 bits per heavy atom. The second-order valence-corrected chi connectivity index (χ2v) is 5.36. The Hall–Kier alpha value is -2.08. The van der Waals surface area contributed by atoms with Crippen molar-refractivity contribution < 1.29 is 19.5 Å². The molecule has 0 bridgehead atoms. The second kappa shape index (κ2) is 7.08. The van der Waals surface area contributed by atoms with Crippen molar-refractivity contribution in [3.63, 3.8) is 0 Å². The van der Waals surface area contributed by atoms with Crippen molar-refractivity contribution in [1.82, 2.24) is 10.4 Å². The molecule has 0 spiro atoms. The molecule has 0 unspecified atom stereocenters. The molecule has 0 radical (unpaired) electrons. The molecule has 0 aromatic heterocycles. The summed E-state index contributed by atoms with van der Waals surface area (Å²) in [6.07, 6.45) is 0.235. The molecule has 1 aliphatic heterocycles. The lowest BCUT2D eigenvalue weighted by atomic mass is 9.92. The fourth-order valence-electron chi connectivity index (χ4n) is 2.45. The monoisotopic (exact) mass is 292 g/mol. The summed E-state index contributed by atoms with van der Waals surface area (Å²) in [6, 6.07) is 8.76. The van der Waals surface area contributed by atoms with Crippen molar-refractivity contribution in [1.29, 1.82) is 0 Å². The van der Waals surface area contributed by atoms with Gasteiger partial charge in [0.25, 0.3) is 5.91 Å². The minimum absolute atomic E-state index is 0.252. The van der Waals surface area contributed by atoms with Gasteiger partial charge >= 0.3 is 6.09 Å². The Kier molecular flexibility index (Phi) is 5.16. The molecule has 2 amide bonds. The van der Waals surface area contributed by atoms with Crippen molar-refractivity contribution in [3.05, 3.63) is 35.9 Å². The standard InChI is InChI=1S/C15H20N2O4/c1-11-7-8-17(15(19)20)13(9-11)14(18)16-21-10-12-5-3-2-4-6-12/h2-6,11,13H,7-10H2,1H3,(H,16,18)(H,19,20)/t11-,13-/m1/s1. The Morgan fingerprint density at radius 3 is 2.76 bits per heavy atom. The highest BCUT2D eigenvalue weighted by Gasteiger charge is 2.34. The maximum atomic E-state index is 12.1. The van der Waals surface area contributed by atoms with Gasteiger partial charge in [-0.05, 0) is 24.3 Å². The molecule has 6 nitrogen and oxygen atoms in total. The van der Waals surface area contributed by atoms with Crippen LogP contribution in [0.15, 0.2) is 30.3 Å². The average molecular weight is 292 g/mol. The number of hydroxylamine groups is 1. The topological polar surface area (TPSA) is 78.9 Å². The molecule has 6 heteroatoms. The van der Waals surface area contributed by atoms with Crippen LogP contribution >= 0.6 is 0 Å². The van der Waals surface area contributed by atoms with Crippen LogP contribution in [0.3, 0.4) is 0 Å². The number of likely N-dealkylation sites (tertiary alicyclic amines) is 1. The third-order valence-electron chi connectivity index (χ3n) is 3.67. The quantitative estimate of drug-likeness (QED) is 0.832. The van der Waals surface area contributed by atoms with Gasteiger partial charge in [0.05, 0.1) is 6.61 Å². The van der Waals surface area contributed by atoms with Crippen LogP contribution in [0.1, 0.15) is 25.3 Å². The maximum Gasteiger partial charge on any atom is 0.407 e. The number of carboxylic acid groups (broad SMARTS) is 1. The van der Waals surface area contributed by atoms with E-state index >= 15 is 0 Å². The Labute approximate surface area is 123 Å². The molecule has 1 saturated heterocycles. The number of nitrogens with zero attached hydrogens (tertiary/aromatic N) is 1. The van der Waals surface area contributed by atoms with Gasteiger partial charge in [0.1, 0.15) is 6.04 Å². The lowest BCUT2D eigenvalue weighted by Gasteiger charge is -2.35. The van der Waals surface area contributed by atoms with Crippen molar-refractivity contribution in [3.8, 4) is 0 Å². The smallest absolute Gasteiger partial charge is 0.407 e. The van der Waals surface area contributed by atoms with Crippen LogP contribution < -0.4 is 5.48 Å². The van der Waals surface area contributed by atoms with E-state index in [1.54, 1.807) is 0 Å². The van der Waals surface area contributed by atoms with Crippen LogP contribution in [0.2, 0.25) is 0 Å². The molecule has 2 rings (SSSR count). The molecule has 1 fully saturated rings. The first-order chi connectivity index (χ1) is 10.1. The van der Waals surface area contributed by atoms with Gasteiger partial charge in [0.2, 0.25) is 0 Å². The van der Waals surface area contributed by atoms with Crippen LogP contribution in [-0.2, 0) is 16.2 Å². The number of benzene rings is 1. The number of amides is 2. The van der Waals surface area contributed by atoms with Crippen molar-refractivity contribution in [2.24, 2.45) is 5.92 Å². The van der Waals surface area contributed by atoms with Crippen LogP contribution in [-0.4, -0.2) is 34.6 Å². The highest BCUT2D eigenvalue weighted by molar-refractivity contribution is 5.84. The van der Waals surface area contributed by atoms with Gasteiger partial charge in [-0.2, -0.15) is 0 Å². The Balaban J connectivity index is 1.87. The molecule has 21 heavy (non-hydrogen) atoms. The number of carbonyl (C=O) groups excluding carboxylic acids is 1. The van der Waals surface area contributed by atoms with Crippen LogP contribution in [0.5, 0.6) is 0 Å². The summed E-state index contributed by atoms with van der Waals surface area (Å²) in [7, 11) is 0. The van der Waals surface area contributed by atoms with E-state index in [4.69, 9.17) is 9.94 Å². The van der Waals surface area contributed by atoms with Gasteiger partial charge in [0, 0.05) is 6.54 Å². The third-order valence-corrected chi connectivity index (χ3v) is 3.67. The van der Waals surface area contributed by atoms with E-state index in [0.717, 1.165) is 12.0 Å². The van der Waals surface area contributed by atoms with Gasteiger partial charge in [-0.3, -0.25) is 14.5 Å². The summed E-state index contributed by atoms with van der Waals surface area (Å²) in [5.74, 6) is -0.0784. The highest BCUT2D eigenvalue weighted by atomic mass is 16.6. The van der Waals surface area contributed by atoms with E-state index in [1.165, 1.54) is 4.90 Å². The number of hydrogen-bond donors (Lipinski definition) is 2. The van der Waals surface area contributed by atoms with Gasteiger partial charge in [-0.25, -0.2) is 10.3 Å². The molecule has 1 aromatic carbocycles. The average Bonchev–Trinajstić information content (AvgIpc) is 2.47. The zero-order valence-corrected chi connectivity index (χ0v) is 12.0. The minimum atomic E-state index is -1.06. The number of hydrogen-bond acceptors (Lipinski definition) is 3. The molecular formula is C15H20N2O4. The number of nitrogens with one attached hydrogen (secondary N) is 1. The third kappa shape index (κ3) is 4.19. The highest BCUT2D eigenvalue weighted by Crippen LogP contribution is 2.22. The largest absolute Gasteiger partial charge is 0.465 e. The fourth-order valence-corrected chi connectivity index (χ4v) is 2.45. The summed E-state index contributed by atoms with van der Waals surface area (Å²) < 4.78 is 0. The van der Waals surface area contributed by atoms with Crippen LogP contribution in [0.25, 0.3) is 0 Å². The van der Waals surface area contributed by atoms with Crippen molar-refractivity contribution in [2.45, 2.75) is 32.4 Å². The number of carbonyl (C=O) groups is 2. The first kappa shape index (κ1) is 15.3. The predicted octanol–water partition coefficient (Wildman–Crippen LogP) is 2.01. The number of rotatable bonds is 4. The predicted molar refractivity (Wildman–Crippen MR) is 76.3 cm³/mol. The van der Waals surface area contributed by atoms with Crippen molar-refractivity contribution in [2.75, 3.05) is 6.54 Å². The molecule has 1 heterocycles. The van der Waals surface area contributed by atoms with E-state index in [0.29, 0.717) is 18.9 Å². The fraction of sp³-hybridized carbons (Fsp3) is 0.467. The molecule has 2 N–H and O–H groups in total. The zero-order valence-electron chi connectivity index (χ0n) is 12.0. The van der Waals surface area contributed by atoms with E-state index in [-0.39, 0.29) is 6.61 Å². The molecular weight excluding hydrogens is 272 g/mol. The van der Waals surface area contributed by atoms with Gasteiger partial charge in [0.15, 0.2) is 0 Å². The minimum Gasteiger partial charge on any atom is -0.465 e. The normalized spacial score (nSPS) is 21.9. The first-order valence-electron chi connectivity index (χ1n) is 7.03. The van der Waals surface area contributed by atoms with E-state index in [1.807, 2.05) is 37.3 Å². The van der Waals surface area contributed by atoms with E-state index < -0.39 is 18.0 Å². The maximum absolute atomic E-state index is 12.1.